The Labute approximate surface area is 109 Å². The fourth-order valence-corrected chi connectivity index (χ4v) is 2.32. The Morgan fingerprint density at radius 1 is 1.00 bits per heavy atom. The second-order valence-electron chi connectivity index (χ2n) is 3.91. The van der Waals surface area contributed by atoms with Gasteiger partial charge in [0.1, 0.15) is 5.75 Å². The molecule has 0 aliphatic rings. The van der Waals surface area contributed by atoms with Crippen LogP contribution in [0.4, 0.5) is 0 Å². The molecule has 0 saturated heterocycles. The van der Waals surface area contributed by atoms with Crippen LogP contribution in [0.2, 0.25) is 0 Å². The summed E-state index contributed by atoms with van der Waals surface area (Å²) in [6.07, 6.45) is 0.784. The average molecular weight is 293 g/mol. The number of benzene rings is 2. The molecule has 2 nitrogen and oxygen atoms in total. The van der Waals surface area contributed by atoms with Crippen molar-refractivity contribution in [1.29, 1.82) is 0 Å². The van der Waals surface area contributed by atoms with Crippen LogP contribution in [0.1, 0.15) is 16.7 Å². The molecule has 3 heteroatoms. The van der Waals surface area contributed by atoms with Gasteiger partial charge in [-0.15, -0.1) is 0 Å². The van der Waals surface area contributed by atoms with E-state index in [-0.39, 0.29) is 12.4 Å². The molecule has 0 aliphatic heterocycles. The summed E-state index contributed by atoms with van der Waals surface area (Å²) in [5.74, 6) is 0.115. The predicted octanol–water partition coefficient (Wildman–Crippen LogP) is 3.24. The van der Waals surface area contributed by atoms with Crippen molar-refractivity contribution in [3.63, 3.8) is 0 Å². The van der Waals surface area contributed by atoms with Gasteiger partial charge < -0.3 is 10.2 Å². The van der Waals surface area contributed by atoms with Gasteiger partial charge in [-0.3, -0.25) is 0 Å². The lowest BCUT2D eigenvalue weighted by Crippen LogP contribution is -1.92. The molecular formula is C14H13BrO2. The molecule has 0 amide bonds. The third kappa shape index (κ3) is 2.87. The first-order valence-corrected chi connectivity index (χ1v) is 6.15. The first-order valence-electron chi connectivity index (χ1n) is 5.35. The molecule has 2 N–H and O–H groups in total. The zero-order valence-electron chi connectivity index (χ0n) is 9.23. The first kappa shape index (κ1) is 12.1. The van der Waals surface area contributed by atoms with E-state index in [2.05, 4.69) is 28.1 Å². The molecule has 0 aliphatic carbocycles. The molecule has 0 unspecified atom stereocenters. The van der Waals surface area contributed by atoms with Gasteiger partial charge >= 0.3 is 0 Å². The van der Waals surface area contributed by atoms with Crippen LogP contribution in [-0.2, 0) is 13.0 Å². The Morgan fingerprint density at radius 3 is 2.35 bits per heavy atom. The van der Waals surface area contributed by atoms with Crippen molar-refractivity contribution in [2.24, 2.45) is 0 Å². The summed E-state index contributed by atoms with van der Waals surface area (Å²) in [5, 5.41) is 18.8. The molecule has 0 saturated carbocycles. The molecule has 0 heterocycles. The van der Waals surface area contributed by atoms with Crippen LogP contribution in [0.3, 0.4) is 0 Å². The Hall–Kier alpha value is -1.32. The van der Waals surface area contributed by atoms with Gasteiger partial charge in [-0.2, -0.15) is 0 Å². The van der Waals surface area contributed by atoms with Gasteiger partial charge in [0, 0.05) is 5.56 Å². The van der Waals surface area contributed by atoms with Crippen LogP contribution >= 0.6 is 15.9 Å². The SMILES string of the molecule is OCc1cc(Cc2ccccc2)cc(Br)c1O. The zero-order valence-corrected chi connectivity index (χ0v) is 10.8. The van der Waals surface area contributed by atoms with Crippen LogP contribution in [0, 0.1) is 0 Å². The van der Waals surface area contributed by atoms with Gasteiger partial charge in [0.2, 0.25) is 0 Å². The summed E-state index contributed by atoms with van der Waals surface area (Å²) in [6.45, 7) is -0.160. The lowest BCUT2D eigenvalue weighted by Gasteiger charge is -2.08. The van der Waals surface area contributed by atoms with E-state index in [1.165, 1.54) is 5.56 Å². The maximum Gasteiger partial charge on any atom is 0.135 e. The standard InChI is InChI=1S/C14H13BrO2/c15-13-8-11(7-12(9-16)14(13)17)6-10-4-2-1-3-5-10/h1-5,7-8,16-17H,6,9H2. The van der Waals surface area contributed by atoms with Gasteiger partial charge in [0.05, 0.1) is 11.1 Å². The number of hydrogen-bond acceptors (Lipinski definition) is 2. The second-order valence-corrected chi connectivity index (χ2v) is 4.76. The highest BCUT2D eigenvalue weighted by molar-refractivity contribution is 9.10. The number of aliphatic hydroxyl groups is 1. The highest BCUT2D eigenvalue weighted by Crippen LogP contribution is 2.30. The molecule has 0 atom stereocenters. The maximum absolute atomic E-state index is 9.68. The average Bonchev–Trinajstić information content (AvgIpc) is 2.35. The molecule has 17 heavy (non-hydrogen) atoms. The molecule has 0 bridgehead atoms. The third-order valence-electron chi connectivity index (χ3n) is 2.62. The quantitative estimate of drug-likeness (QED) is 0.912. The smallest absolute Gasteiger partial charge is 0.135 e. The molecule has 2 aromatic carbocycles. The largest absolute Gasteiger partial charge is 0.506 e. The third-order valence-corrected chi connectivity index (χ3v) is 3.23. The lowest BCUT2D eigenvalue weighted by molar-refractivity contribution is 0.275. The van der Waals surface area contributed by atoms with Crippen LogP contribution in [-0.4, -0.2) is 10.2 Å². The Bertz CT molecular complexity index is 509. The summed E-state index contributed by atoms with van der Waals surface area (Å²) < 4.78 is 0.620. The van der Waals surface area contributed by atoms with Gasteiger partial charge in [-0.05, 0) is 45.6 Å². The van der Waals surface area contributed by atoms with Gasteiger partial charge in [-0.1, -0.05) is 30.3 Å². The molecule has 0 radical (unpaired) electrons. The van der Waals surface area contributed by atoms with E-state index in [1.54, 1.807) is 0 Å². The Morgan fingerprint density at radius 2 is 1.71 bits per heavy atom. The number of aliphatic hydroxyl groups excluding tert-OH is 1. The van der Waals surface area contributed by atoms with E-state index >= 15 is 0 Å². The Balaban J connectivity index is 2.31. The number of hydrogen-bond donors (Lipinski definition) is 2. The van der Waals surface area contributed by atoms with E-state index < -0.39 is 0 Å². The van der Waals surface area contributed by atoms with Crippen molar-refractivity contribution in [2.75, 3.05) is 0 Å². The van der Waals surface area contributed by atoms with Crippen molar-refractivity contribution in [3.05, 3.63) is 63.6 Å². The lowest BCUT2D eigenvalue weighted by atomic mass is 10.0. The topological polar surface area (TPSA) is 40.5 Å². The van der Waals surface area contributed by atoms with Crippen molar-refractivity contribution in [2.45, 2.75) is 13.0 Å². The first-order chi connectivity index (χ1) is 8.20. The van der Waals surface area contributed by atoms with Gasteiger partial charge in [-0.25, -0.2) is 0 Å². The van der Waals surface area contributed by atoms with E-state index in [9.17, 15) is 5.11 Å². The van der Waals surface area contributed by atoms with E-state index in [4.69, 9.17) is 5.11 Å². The van der Waals surface area contributed by atoms with Crippen LogP contribution in [0.5, 0.6) is 5.75 Å². The van der Waals surface area contributed by atoms with E-state index in [0.29, 0.717) is 10.0 Å². The maximum atomic E-state index is 9.68. The predicted molar refractivity (Wildman–Crippen MR) is 71.0 cm³/mol. The van der Waals surface area contributed by atoms with Gasteiger partial charge in [0.25, 0.3) is 0 Å². The van der Waals surface area contributed by atoms with Crippen LogP contribution < -0.4 is 0 Å². The number of halogens is 1. The van der Waals surface area contributed by atoms with Crippen LogP contribution in [0.15, 0.2) is 46.9 Å². The summed E-state index contributed by atoms with van der Waals surface area (Å²) >= 11 is 3.29. The van der Waals surface area contributed by atoms with Crippen molar-refractivity contribution in [1.82, 2.24) is 0 Å². The molecule has 0 spiro atoms. The van der Waals surface area contributed by atoms with Crippen molar-refractivity contribution < 1.29 is 10.2 Å². The summed E-state index contributed by atoms with van der Waals surface area (Å²) in [6, 6.07) is 13.8. The fraction of sp³-hybridized carbons (Fsp3) is 0.143. The number of phenols is 1. The molecule has 2 aromatic rings. The number of rotatable bonds is 3. The Kier molecular flexibility index (Phi) is 3.82. The summed E-state index contributed by atoms with van der Waals surface area (Å²) in [4.78, 5) is 0. The molecule has 2 rings (SSSR count). The minimum Gasteiger partial charge on any atom is -0.506 e. The fourth-order valence-electron chi connectivity index (χ4n) is 1.77. The monoisotopic (exact) mass is 292 g/mol. The summed E-state index contributed by atoms with van der Waals surface area (Å²) in [5.41, 5.74) is 2.81. The molecule has 88 valence electrons. The van der Waals surface area contributed by atoms with E-state index in [0.717, 1.165) is 12.0 Å². The second kappa shape index (κ2) is 5.34. The summed E-state index contributed by atoms with van der Waals surface area (Å²) in [7, 11) is 0. The van der Waals surface area contributed by atoms with Crippen molar-refractivity contribution in [3.8, 4) is 5.75 Å². The molecule has 0 fully saturated rings. The van der Waals surface area contributed by atoms with Crippen molar-refractivity contribution >= 4 is 15.9 Å². The highest BCUT2D eigenvalue weighted by Gasteiger charge is 2.07. The molecule has 0 aromatic heterocycles. The highest BCUT2D eigenvalue weighted by atomic mass is 79.9. The zero-order chi connectivity index (χ0) is 12.3. The number of aromatic hydroxyl groups is 1. The van der Waals surface area contributed by atoms with Crippen LogP contribution in [0.25, 0.3) is 0 Å². The molecular weight excluding hydrogens is 280 g/mol. The minimum absolute atomic E-state index is 0.115. The van der Waals surface area contributed by atoms with E-state index in [1.807, 2.05) is 30.3 Å². The van der Waals surface area contributed by atoms with Gasteiger partial charge in [0.15, 0.2) is 0 Å². The normalized spacial score (nSPS) is 10.5. The minimum atomic E-state index is -0.160.